The minimum Gasteiger partial charge on any atom is -0.306 e. The largest absolute Gasteiger partial charge is 0.306 e. The van der Waals surface area contributed by atoms with Crippen LogP contribution in [-0.4, -0.2) is 19.9 Å². The van der Waals surface area contributed by atoms with Gasteiger partial charge in [-0.05, 0) is 36.4 Å². The summed E-state index contributed by atoms with van der Waals surface area (Å²) in [5.74, 6) is 0.712. The van der Waals surface area contributed by atoms with Crippen molar-refractivity contribution in [3.63, 3.8) is 0 Å². The normalized spacial score (nSPS) is 15.6. The first-order valence-corrected chi connectivity index (χ1v) is 10.5. The summed E-state index contributed by atoms with van der Waals surface area (Å²) in [7, 11) is -1.04. The van der Waals surface area contributed by atoms with Gasteiger partial charge in [0.15, 0.2) is 0 Å². The van der Waals surface area contributed by atoms with Crippen LogP contribution < -0.4 is 5.32 Å². The van der Waals surface area contributed by atoms with E-state index in [1.165, 1.54) is 6.07 Å². The highest BCUT2D eigenvalue weighted by Gasteiger charge is 2.29. The van der Waals surface area contributed by atoms with Gasteiger partial charge in [0.05, 0.1) is 33.5 Å². The van der Waals surface area contributed by atoms with Crippen LogP contribution in [0.15, 0.2) is 42.5 Å². The predicted molar refractivity (Wildman–Crippen MR) is 109 cm³/mol. The Morgan fingerprint density at radius 3 is 2.63 bits per heavy atom. The summed E-state index contributed by atoms with van der Waals surface area (Å²) in [5, 5.41) is 8.61. The Kier molecular flexibility index (Phi) is 4.99. The molecule has 0 radical (unpaired) electrons. The fourth-order valence-corrected chi connectivity index (χ4v) is 4.72. The van der Waals surface area contributed by atoms with E-state index in [-0.39, 0.29) is 10.6 Å². The lowest BCUT2D eigenvalue weighted by molar-refractivity contribution is 0.102. The lowest BCUT2D eigenvalue weighted by Gasteiger charge is -2.12. The summed E-state index contributed by atoms with van der Waals surface area (Å²) in [6.45, 7) is 0. The van der Waals surface area contributed by atoms with E-state index >= 15 is 0 Å². The number of carbonyl (C=O) groups excluding carboxylic acids is 1. The molecule has 0 bridgehead atoms. The van der Waals surface area contributed by atoms with Crippen LogP contribution in [0.1, 0.15) is 21.6 Å². The zero-order chi connectivity index (χ0) is 19.1. The third-order valence-electron chi connectivity index (χ3n) is 4.13. The Bertz CT molecular complexity index is 1100. The Morgan fingerprint density at radius 2 is 1.85 bits per heavy atom. The third-order valence-corrected chi connectivity index (χ3v) is 6.13. The molecule has 0 fully saturated rings. The highest BCUT2D eigenvalue weighted by atomic mass is 35.5. The maximum atomic E-state index is 12.8. The first-order valence-electron chi connectivity index (χ1n) is 7.90. The first-order chi connectivity index (χ1) is 12.9. The summed E-state index contributed by atoms with van der Waals surface area (Å²) in [6, 6.07) is 11.8. The standard InChI is InChI=1S/C18H12Cl3N3O2S/c19-10-2-1-3-12(6-10)24-17(14-8-27(26)9-16(14)23-24)22-18(25)13-7-11(20)4-5-15(13)21/h1-7H,8-9H2,(H,22,25). The fraction of sp³-hybridized carbons (Fsp3) is 0.111. The number of hydrogen-bond donors (Lipinski definition) is 1. The molecular formula is C18H12Cl3N3O2S. The molecule has 1 unspecified atom stereocenters. The quantitative estimate of drug-likeness (QED) is 0.633. The Morgan fingerprint density at radius 1 is 1.07 bits per heavy atom. The van der Waals surface area contributed by atoms with Crippen molar-refractivity contribution in [2.75, 3.05) is 5.32 Å². The van der Waals surface area contributed by atoms with Crippen LogP contribution in [0.4, 0.5) is 5.82 Å². The van der Waals surface area contributed by atoms with Gasteiger partial charge in [-0.25, -0.2) is 4.68 Å². The molecule has 4 rings (SSSR count). The molecule has 2 heterocycles. The minimum absolute atomic E-state index is 0.246. The maximum Gasteiger partial charge on any atom is 0.258 e. The van der Waals surface area contributed by atoms with E-state index in [4.69, 9.17) is 34.8 Å². The van der Waals surface area contributed by atoms with Crippen molar-refractivity contribution in [3.8, 4) is 5.69 Å². The second-order valence-electron chi connectivity index (χ2n) is 5.97. The number of anilines is 1. The lowest BCUT2D eigenvalue weighted by atomic mass is 10.2. The van der Waals surface area contributed by atoms with Gasteiger partial charge in [-0.1, -0.05) is 40.9 Å². The Labute approximate surface area is 172 Å². The molecule has 0 saturated heterocycles. The van der Waals surface area contributed by atoms with Crippen molar-refractivity contribution in [2.45, 2.75) is 11.5 Å². The van der Waals surface area contributed by atoms with Crippen LogP contribution in [0.25, 0.3) is 5.69 Å². The molecule has 0 spiro atoms. The van der Waals surface area contributed by atoms with E-state index in [2.05, 4.69) is 10.4 Å². The number of hydrogen-bond acceptors (Lipinski definition) is 3. The predicted octanol–water partition coefficient (Wildman–Crippen LogP) is 4.85. The van der Waals surface area contributed by atoms with E-state index < -0.39 is 16.7 Å². The van der Waals surface area contributed by atoms with Crippen molar-refractivity contribution < 1.29 is 9.00 Å². The summed E-state index contributed by atoms with van der Waals surface area (Å²) < 4.78 is 13.6. The third kappa shape index (κ3) is 3.62. The van der Waals surface area contributed by atoms with E-state index in [1.54, 1.807) is 35.0 Å². The second kappa shape index (κ2) is 7.28. The summed E-state index contributed by atoms with van der Waals surface area (Å²) in [5.41, 5.74) is 2.38. The Balaban J connectivity index is 1.78. The monoisotopic (exact) mass is 439 g/mol. The number of aromatic nitrogens is 2. The van der Waals surface area contributed by atoms with Gasteiger partial charge in [0, 0.05) is 26.4 Å². The van der Waals surface area contributed by atoms with Crippen molar-refractivity contribution in [1.29, 1.82) is 0 Å². The molecule has 1 aliphatic rings. The van der Waals surface area contributed by atoms with Crippen LogP contribution in [-0.2, 0) is 22.3 Å². The van der Waals surface area contributed by atoms with E-state index in [0.29, 0.717) is 38.8 Å². The highest BCUT2D eigenvalue weighted by molar-refractivity contribution is 7.83. The molecule has 1 atom stereocenters. The number of carbonyl (C=O) groups is 1. The Hall–Kier alpha value is -1.86. The van der Waals surface area contributed by atoms with Crippen molar-refractivity contribution in [3.05, 3.63) is 74.4 Å². The molecule has 1 aromatic heterocycles. The number of nitrogens with one attached hydrogen (secondary N) is 1. The fourth-order valence-electron chi connectivity index (χ4n) is 2.90. The average molecular weight is 441 g/mol. The number of rotatable bonds is 3. The molecule has 9 heteroatoms. The van der Waals surface area contributed by atoms with E-state index in [0.717, 1.165) is 5.56 Å². The van der Waals surface area contributed by atoms with Gasteiger partial charge in [-0.3, -0.25) is 9.00 Å². The second-order valence-corrected chi connectivity index (χ2v) is 8.71. The molecule has 2 aromatic carbocycles. The smallest absolute Gasteiger partial charge is 0.258 e. The van der Waals surface area contributed by atoms with Crippen LogP contribution in [0.5, 0.6) is 0 Å². The zero-order valence-electron chi connectivity index (χ0n) is 13.7. The number of benzene rings is 2. The molecule has 5 nitrogen and oxygen atoms in total. The molecular weight excluding hydrogens is 429 g/mol. The molecule has 3 aromatic rings. The molecule has 0 saturated carbocycles. The summed E-state index contributed by atoms with van der Waals surface area (Å²) in [4.78, 5) is 12.8. The van der Waals surface area contributed by atoms with Crippen LogP contribution >= 0.6 is 34.8 Å². The lowest BCUT2D eigenvalue weighted by Crippen LogP contribution is -2.17. The van der Waals surface area contributed by atoms with E-state index in [1.807, 2.05) is 6.07 Å². The van der Waals surface area contributed by atoms with Gasteiger partial charge < -0.3 is 5.32 Å². The van der Waals surface area contributed by atoms with Gasteiger partial charge in [-0.15, -0.1) is 0 Å². The first kappa shape index (κ1) is 18.5. The van der Waals surface area contributed by atoms with Crippen molar-refractivity contribution in [1.82, 2.24) is 9.78 Å². The molecule has 1 amide bonds. The average Bonchev–Trinajstić information content (AvgIpc) is 3.14. The highest BCUT2D eigenvalue weighted by Crippen LogP contribution is 2.32. The number of nitrogens with zero attached hydrogens (tertiary/aromatic N) is 2. The van der Waals surface area contributed by atoms with Crippen molar-refractivity contribution >= 4 is 57.3 Å². The number of amides is 1. The summed E-state index contributed by atoms with van der Waals surface area (Å²) >= 11 is 18.2. The van der Waals surface area contributed by atoms with Crippen LogP contribution in [0.3, 0.4) is 0 Å². The van der Waals surface area contributed by atoms with Crippen molar-refractivity contribution in [2.24, 2.45) is 0 Å². The maximum absolute atomic E-state index is 12.8. The molecule has 1 aliphatic heterocycles. The summed E-state index contributed by atoms with van der Waals surface area (Å²) in [6.07, 6.45) is 0. The van der Waals surface area contributed by atoms with Crippen LogP contribution in [0, 0.1) is 0 Å². The minimum atomic E-state index is -1.04. The van der Waals surface area contributed by atoms with E-state index in [9.17, 15) is 9.00 Å². The van der Waals surface area contributed by atoms with Gasteiger partial charge >= 0.3 is 0 Å². The zero-order valence-corrected chi connectivity index (χ0v) is 16.8. The number of halogens is 3. The topological polar surface area (TPSA) is 64.0 Å². The number of fused-ring (bicyclic) bond motifs is 1. The molecule has 1 N–H and O–H groups in total. The SMILES string of the molecule is O=C(Nc1c2c(nn1-c1cccc(Cl)c1)CS(=O)C2)c1cc(Cl)ccc1Cl. The molecule has 0 aliphatic carbocycles. The van der Waals surface area contributed by atoms with Gasteiger partial charge in [0.2, 0.25) is 0 Å². The van der Waals surface area contributed by atoms with Gasteiger partial charge in [0.1, 0.15) is 5.82 Å². The van der Waals surface area contributed by atoms with Crippen LogP contribution in [0.2, 0.25) is 15.1 Å². The molecule has 138 valence electrons. The van der Waals surface area contributed by atoms with Gasteiger partial charge in [-0.2, -0.15) is 5.10 Å². The molecule has 27 heavy (non-hydrogen) atoms. The van der Waals surface area contributed by atoms with Gasteiger partial charge in [0.25, 0.3) is 5.91 Å².